The molecule has 102 valence electrons. The molecular formula is C14H19N3O2. The van der Waals surface area contributed by atoms with E-state index in [9.17, 15) is 4.79 Å². The number of hydrogen-bond acceptors (Lipinski definition) is 4. The fourth-order valence-electron chi connectivity index (χ4n) is 2.14. The van der Waals surface area contributed by atoms with Crippen LogP contribution in [0.15, 0.2) is 29.4 Å². The molecule has 5 nitrogen and oxygen atoms in total. The Balaban J connectivity index is 2.16. The molecule has 2 rings (SSSR count). The van der Waals surface area contributed by atoms with Crippen molar-refractivity contribution in [2.24, 2.45) is 16.8 Å². The standard InChI is InChI=1S/C14H19N3O2/c1-3-19-12-6-4-11(5-7-12)17-14(18)13(8-9-15)10(2)16-17/h4-7,13H,3,8-9,15H2,1-2H3. The number of carbonyl (C=O) groups excluding carboxylic acids is 1. The second kappa shape index (κ2) is 5.84. The summed E-state index contributed by atoms with van der Waals surface area (Å²) in [5, 5.41) is 5.77. The largest absolute Gasteiger partial charge is 0.494 e. The molecule has 1 amide bonds. The SMILES string of the molecule is CCOc1ccc(N2N=C(C)C(CCN)C2=O)cc1. The lowest BCUT2D eigenvalue weighted by Crippen LogP contribution is -2.28. The Kier molecular flexibility index (Phi) is 4.16. The fraction of sp³-hybridized carbons (Fsp3) is 0.429. The number of rotatable bonds is 5. The summed E-state index contributed by atoms with van der Waals surface area (Å²) in [6.07, 6.45) is 0.641. The number of nitrogens with zero attached hydrogens (tertiary/aromatic N) is 2. The summed E-state index contributed by atoms with van der Waals surface area (Å²) < 4.78 is 5.38. The van der Waals surface area contributed by atoms with E-state index in [0.717, 1.165) is 17.1 Å². The molecule has 1 aromatic rings. The third-order valence-electron chi connectivity index (χ3n) is 3.12. The van der Waals surface area contributed by atoms with Gasteiger partial charge in [0.2, 0.25) is 0 Å². The first-order valence-corrected chi connectivity index (χ1v) is 6.49. The molecule has 1 unspecified atom stereocenters. The van der Waals surface area contributed by atoms with Crippen LogP contribution in [-0.4, -0.2) is 24.8 Å². The molecule has 19 heavy (non-hydrogen) atoms. The number of benzene rings is 1. The fourth-order valence-corrected chi connectivity index (χ4v) is 2.14. The Morgan fingerprint density at radius 1 is 1.37 bits per heavy atom. The van der Waals surface area contributed by atoms with Crippen LogP contribution in [0.4, 0.5) is 5.69 Å². The Hall–Kier alpha value is -1.88. The first kappa shape index (κ1) is 13.5. The van der Waals surface area contributed by atoms with Crippen molar-refractivity contribution in [1.82, 2.24) is 0 Å². The maximum absolute atomic E-state index is 12.2. The minimum Gasteiger partial charge on any atom is -0.494 e. The molecule has 0 aromatic heterocycles. The van der Waals surface area contributed by atoms with E-state index in [2.05, 4.69) is 5.10 Å². The topological polar surface area (TPSA) is 67.9 Å². The Labute approximate surface area is 113 Å². The van der Waals surface area contributed by atoms with Gasteiger partial charge < -0.3 is 10.5 Å². The third-order valence-corrected chi connectivity index (χ3v) is 3.12. The van der Waals surface area contributed by atoms with Crippen LogP contribution in [0.25, 0.3) is 0 Å². The van der Waals surface area contributed by atoms with Gasteiger partial charge in [0.25, 0.3) is 5.91 Å². The summed E-state index contributed by atoms with van der Waals surface area (Å²) in [5.74, 6) is 0.598. The van der Waals surface area contributed by atoms with E-state index in [1.807, 2.05) is 38.1 Å². The van der Waals surface area contributed by atoms with Gasteiger partial charge in [0.05, 0.1) is 18.2 Å². The van der Waals surface area contributed by atoms with Crippen molar-refractivity contribution in [3.8, 4) is 5.75 Å². The van der Waals surface area contributed by atoms with Crippen LogP contribution in [0, 0.1) is 5.92 Å². The zero-order valence-electron chi connectivity index (χ0n) is 11.3. The molecule has 0 aliphatic carbocycles. The molecule has 0 bridgehead atoms. The highest BCUT2D eigenvalue weighted by Gasteiger charge is 2.33. The van der Waals surface area contributed by atoms with E-state index in [-0.39, 0.29) is 11.8 Å². The second-order valence-electron chi connectivity index (χ2n) is 4.45. The summed E-state index contributed by atoms with van der Waals surface area (Å²) in [6.45, 7) is 4.91. The maximum atomic E-state index is 12.2. The van der Waals surface area contributed by atoms with Gasteiger partial charge in [0.1, 0.15) is 5.75 Å². The number of amides is 1. The number of anilines is 1. The van der Waals surface area contributed by atoms with Gasteiger partial charge in [-0.25, -0.2) is 5.01 Å². The van der Waals surface area contributed by atoms with E-state index in [1.165, 1.54) is 5.01 Å². The van der Waals surface area contributed by atoms with Crippen molar-refractivity contribution in [2.75, 3.05) is 18.2 Å². The summed E-state index contributed by atoms with van der Waals surface area (Å²) in [4.78, 5) is 12.2. The zero-order valence-corrected chi connectivity index (χ0v) is 11.3. The first-order valence-electron chi connectivity index (χ1n) is 6.49. The molecule has 0 spiro atoms. The Morgan fingerprint density at radius 3 is 2.63 bits per heavy atom. The molecule has 0 saturated carbocycles. The molecule has 1 aliphatic rings. The van der Waals surface area contributed by atoms with Crippen LogP contribution in [0.5, 0.6) is 5.75 Å². The molecule has 1 aliphatic heterocycles. The van der Waals surface area contributed by atoms with Crippen LogP contribution in [0.2, 0.25) is 0 Å². The average molecular weight is 261 g/mol. The summed E-state index contributed by atoms with van der Waals surface area (Å²) in [6, 6.07) is 7.36. The summed E-state index contributed by atoms with van der Waals surface area (Å²) in [5.41, 5.74) is 7.11. The van der Waals surface area contributed by atoms with Crippen LogP contribution in [-0.2, 0) is 4.79 Å². The molecule has 0 fully saturated rings. The number of carbonyl (C=O) groups is 1. The van der Waals surface area contributed by atoms with Crippen LogP contribution in [0.1, 0.15) is 20.3 Å². The predicted octanol–water partition coefficient (Wildman–Crippen LogP) is 1.77. The smallest absolute Gasteiger partial charge is 0.256 e. The van der Waals surface area contributed by atoms with Gasteiger partial charge in [0, 0.05) is 5.71 Å². The third kappa shape index (κ3) is 2.76. The first-order chi connectivity index (χ1) is 9.17. The van der Waals surface area contributed by atoms with Crippen LogP contribution >= 0.6 is 0 Å². The molecule has 2 N–H and O–H groups in total. The lowest BCUT2D eigenvalue weighted by atomic mass is 10.0. The van der Waals surface area contributed by atoms with Crippen molar-refractivity contribution in [1.29, 1.82) is 0 Å². The minimum atomic E-state index is -0.184. The van der Waals surface area contributed by atoms with Gasteiger partial charge in [-0.05, 0) is 51.1 Å². The lowest BCUT2D eigenvalue weighted by Gasteiger charge is -2.14. The molecule has 0 saturated heterocycles. The lowest BCUT2D eigenvalue weighted by molar-refractivity contribution is -0.119. The number of nitrogens with two attached hydrogens (primary N) is 1. The maximum Gasteiger partial charge on any atom is 0.256 e. The average Bonchev–Trinajstić information content (AvgIpc) is 2.69. The van der Waals surface area contributed by atoms with E-state index in [1.54, 1.807) is 0 Å². The highest BCUT2D eigenvalue weighted by atomic mass is 16.5. The van der Waals surface area contributed by atoms with Crippen LogP contribution in [0.3, 0.4) is 0 Å². The monoisotopic (exact) mass is 261 g/mol. The minimum absolute atomic E-state index is 0.00731. The molecule has 0 radical (unpaired) electrons. The van der Waals surface area contributed by atoms with Crippen molar-refractivity contribution < 1.29 is 9.53 Å². The summed E-state index contributed by atoms with van der Waals surface area (Å²) >= 11 is 0. The van der Waals surface area contributed by atoms with Gasteiger partial charge in [-0.1, -0.05) is 0 Å². The Morgan fingerprint density at radius 2 is 2.05 bits per heavy atom. The van der Waals surface area contributed by atoms with Gasteiger partial charge in [-0.2, -0.15) is 5.10 Å². The van der Waals surface area contributed by atoms with Crippen molar-refractivity contribution in [2.45, 2.75) is 20.3 Å². The Bertz CT molecular complexity index is 482. The van der Waals surface area contributed by atoms with Gasteiger partial charge in [-0.3, -0.25) is 4.79 Å². The second-order valence-corrected chi connectivity index (χ2v) is 4.45. The van der Waals surface area contributed by atoms with Crippen LogP contribution < -0.4 is 15.5 Å². The van der Waals surface area contributed by atoms with E-state index in [0.29, 0.717) is 19.6 Å². The normalized spacial score (nSPS) is 18.7. The highest BCUT2D eigenvalue weighted by Crippen LogP contribution is 2.27. The number of ether oxygens (including phenoxy) is 1. The molecule has 1 aromatic carbocycles. The van der Waals surface area contributed by atoms with Crippen molar-refractivity contribution in [3.05, 3.63) is 24.3 Å². The highest BCUT2D eigenvalue weighted by molar-refractivity contribution is 6.14. The number of hydrogen-bond donors (Lipinski definition) is 1. The van der Waals surface area contributed by atoms with E-state index < -0.39 is 0 Å². The molecular weight excluding hydrogens is 242 g/mol. The predicted molar refractivity (Wildman–Crippen MR) is 75.4 cm³/mol. The molecule has 5 heteroatoms. The molecule has 1 heterocycles. The van der Waals surface area contributed by atoms with E-state index >= 15 is 0 Å². The van der Waals surface area contributed by atoms with Gasteiger partial charge in [0.15, 0.2) is 0 Å². The number of hydrazone groups is 1. The quantitative estimate of drug-likeness (QED) is 0.878. The molecule has 1 atom stereocenters. The van der Waals surface area contributed by atoms with Gasteiger partial charge in [-0.15, -0.1) is 0 Å². The van der Waals surface area contributed by atoms with Gasteiger partial charge >= 0.3 is 0 Å². The summed E-state index contributed by atoms with van der Waals surface area (Å²) in [7, 11) is 0. The van der Waals surface area contributed by atoms with Crippen molar-refractivity contribution >= 4 is 17.3 Å². The van der Waals surface area contributed by atoms with E-state index in [4.69, 9.17) is 10.5 Å². The van der Waals surface area contributed by atoms with Crippen molar-refractivity contribution in [3.63, 3.8) is 0 Å². The zero-order chi connectivity index (χ0) is 13.8.